The molecule has 0 bridgehead atoms. The Morgan fingerprint density at radius 1 is 0.750 bits per heavy atom. The van der Waals surface area contributed by atoms with Crippen molar-refractivity contribution in [1.29, 1.82) is 0 Å². The van der Waals surface area contributed by atoms with Gasteiger partial charge in [0.25, 0.3) is 0 Å². The Labute approximate surface area is 96.9 Å². The first-order chi connectivity index (χ1) is 7.58. The summed E-state index contributed by atoms with van der Waals surface area (Å²) in [6.07, 6.45) is 0. The number of benzene rings is 2. The van der Waals surface area contributed by atoms with E-state index in [0.717, 1.165) is 5.69 Å². The van der Waals surface area contributed by atoms with Gasteiger partial charge in [-0.25, -0.2) is 0 Å². The standard InChI is InChI=1S/C15H17N/c1-10-4-5-11(2)14(8-10)15-9-13(16)7-6-12(15)3/h4-9H,16H2,1-3H3. The summed E-state index contributed by atoms with van der Waals surface area (Å²) in [5.41, 5.74) is 13.0. The molecule has 1 nitrogen and oxygen atoms in total. The molecule has 0 spiro atoms. The fourth-order valence-electron chi connectivity index (χ4n) is 1.96. The van der Waals surface area contributed by atoms with Crippen LogP contribution in [0.2, 0.25) is 0 Å². The number of nitrogens with two attached hydrogens (primary N) is 1. The lowest BCUT2D eigenvalue weighted by Crippen LogP contribution is -1.91. The normalized spacial score (nSPS) is 10.4. The summed E-state index contributed by atoms with van der Waals surface area (Å²) < 4.78 is 0. The highest BCUT2D eigenvalue weighted by atomic mass is 14.5. The zero-order valence-electron chi connectivity index (χ0n) is 10.0. The predicted molar refractivity (Wildman–Crippen MR) is 70.5 cm³/mol. The van der Waals surface area contributed by atoms with E-state index in [0.29, 0.717) is 0 Å². The fourth-order valence-corrected chi connectivity index (χ4v) is 1.96. The van der Waals surface area contributed by atoms with Crippen LogP contribution in [0, 0.1) is 20.8 Å². The molecular weight excluding hydrogens is 194 g/mol. The lowest BCUT2D eigenvalue weighted by molar-refractivity contribution is 1.37. The molecule has 0 aromatic heterocycles. The third-order valence-electron chi connectivity index (χ3n) is 2.94. The van der Waals surface area contributed by atoms with Crippen molar-refractivity contribution in [1.82, 2.24) is 0 Å². The Bertz CT molecular complexity index is 477. The van der Waals surface area contributed by atoms with Gasteiger partial charge in [-0.05, 0) is 55.2 Å². The zero-order chi connectivity index (χ0) is 11.7. The van der Waals surface area contributed by atoms with Crippen LogP contribution in [0.1, 0.15) is 16.7 Å². The lowest BCUT2D eigenvalue weighted by atomic mass is 9.95. The Morgan fingerprint density at radius 2 is 1.31 bits per heavy atom. The van der Waals surface area contributed by atoms with Crippen LogP contribution < -0.4 is 5.73 Å². The summed E-state index contributed by atoms with van der Waals surface area (Å²) >= 11 is 0. The van der Waals surface area contributed by atoms with Crippen LogP contribution in [0.25, 0.3) is 11.1 Å². The predicted octanol–water partition coefficient (Wildman–Crippen LogP) is 3.86. The Morgan fingerprint density at radius 3 is 2.00 bits per heavy atom. The topological polar surface area (TPSA) is 26.0 Å². The summed E-state index contributed by atoms with van der Waals surface area (Å²) in [6.45, 7) is 6.37. The third kappa shape index (κ3) is 1.94. The largest absolute Gasteiger partial charge is 0.399 e. The van der Waals surface area contributed by atoms with Gasteiger partial charge in [0, 0.05) is 5.69 Å². The zero-order valence-corrected chi connectivity index (χ0v) is 10.0. The number of aryl methyl sites for hydroxylation is 3. The molecule has 0 saturated carbocycles. The molecule has 2 aromatic carbocycles. The van der Waals surface area contributed by atoms with E-state index in [4.69, 9.17) is 5.73 Å². The highest BCUT2D eigenvalue weighted by molar-refractivity contribution is 5.73. The van der Waals surface area contributed by atoms with E-state index < -0.39 is 0 Å². The molecule has 82 valence electrons. The van der Waals surface area contributed by atoms with Crippen molar-refractivity contribution in [2.24, 2.45) is 0 Å². The van der Waals surface area contributed by atoms with Gasteiger partial charge in [0.05, 0.1) is 0 Å². The lowest BCUT2D eigenvalue weighted by Gasteiger charge is -2.11. The molecule has 0 atom stereocenters. The van der Waals surface area contributed by atoms with Gasteiger partial charge in [-0.2, -0.15) is 0 Å². The fraction of sp³-hybridized carbons (Fsp3) is 0.200. The molecule has 0 unspecified atom stereocenters. The second-order valence-corrected chi connectivity index (χ2v) is 4.39. The van der Waals surface area contributed by atoms with Crippen molar-refractivity contribution in [2.45, 2.75) is 20.8 Å². The first-order valence-corrected chi connectivity index (χ1v) is 5.51. The number of hydrogen-bond donors (Lipinski definition) is 1. The minimum Gasteiger partial charge on any atom is -0.399 e. The SMILES string of the molecule is Cc1ccc(C)c(-c2cc(N)ccc2C)c1. The maximum atomic E-state index is 5.85. The molecule has 2 rings (SSSR count). The number of anilines is 1. The van der Waals surface area contributed by atoms with Crippen molar-refractivity contribution in [3.8, 4) is 11.1 Å². The summed E-state index contributed by atoms with van der Waals surface area (Å²) in [5.74, 6) is 0. The van der Waals surface area contributed by atoms with Crippen molar-refractivity contribution in [3.63, 3.8) is 0 Å². The van der Waals surface area contributed by atoms with Crippen molar-refractivity contribution < 1.29 is 0 Å². The van der Waals surface area contributed by atoms with E-state index in [1.807, 2.05) is 6.07 Å². The molecule has 0 aliphatic carbocycles. The second-order valence-electron chi connectivity index (χ2n) is 4.39. The monoisotopic (exact) mass is 211 g/mol. The van der Waals surface area contributed by atoms with Crippen LogP contribution in [-0.2, 0) is 0 Å². The summed E-state index contributed by atoms with van der Waals surface area (Å²) in [6, 6.07) is 12.6. The summed E-state index contributed by atoms with van der Waals surface area (Å²) in [4.78, 5) is 0. The van der Waals surface area contributed by atoms with Gasteiger partial charge in [0.15, 0.2) is 0 Å². The molecule has 0 radical (unpaired) electrons. The van der Waals surface area contributed by atoms with Crippen LogP contribution in [-0.4, -0.2) is 0 Å². The van der Waals surface area contributed by atoms with E-state index in [1.54, 1.807) is 0 Å². The molecule has 0 aliphatic rings. The average molecular weight is 211 g/mol. The quantitative estimate of drug-likeness (QED) is 0.712. The number of nitrogen functional groups attached to an aromatic ring is 1. The number of rotatable bonds is 1. The van der Waals surface area contributed by atoms with Crippen LogP contribution in [0.3, 0.4) is 0 Å². The van der Waals surface area contributed by atoms with E-state index in [1.165, 1.54) is 27.8 Å². The molecule has 0 heterocycles. The third-order valence-corrected chi connectivity index (χ3v) is 2.94. The van der Waals surface area contributed by atoms with E-state index in [9.17, 15) is 0 Å². The minimum atomic E-state index is 0.821. The van der Waals surface area contributed by atoms with Crippen LogP contribution in [0.4, 0.5) is 5.69 Å². The van der Waals surface area contributed by atoms with Gasteiger partial charge in [0.1, 0.15) is 0 Å². The molecule has 2 aromatic rings. The van der Waals surface area contributed by atoms with Gasteiger partial charge in [0.2, 0.25) is 0 Å². The van der Waals surface area contributed by atoms with E-state index >= 15 is 0 Å². The maximum Gasteiger partial charge on any atom is 0.0320 e. The molecule has 2 N–H and O–H groups in total. The Balaban J connectivity index is 2.66. The summed E-state index contributed by atoms with van der Waals surface area (Å²) in [7, 11) is 0. The van der Waals surface area contributed by atoms with Crippen molar-refractivity contribution in [3.05, 3.63) is 53.1 Å². The van der Waals surface area contributed by atoms with Gasteiger partial charge < -0.3 is 5.73 Å². The maximum absolute atomic E-state index is 5.85. The molecule has 1 heteroatoms. The highest BCUT2D eigenvalue weighted by Crippen LogP contribution is 2.29. The molecular formula is C15H17N. The first-order valence-electron chi connectivity index (χ1n) is 5.51. The number of hydrogen-bond acceptors (Lipinski definition) is 1. The second kappa shape index (κ2) is 4.01. The van der Waals surface area contributed by atoms with Crippen LogP contribution in [0.15, 0.2) is 36.4 Å². The van der Waals surface area contributed by atoms with Gasteiger partial charge in [-0.15, -0.1) is 0 Å². The van der Waals surface area contributed by atoms with Gasteiger partial charge in [-0.1, -0.05) is 29.8 Å². The van der Waals surface area contributed by atoms with Crippen molar-refractivity contribution in [2.75, 3.05) is 5.73 Å². The van der Waals surface area contributed by atoms with Crippen LogP contribution in [0.5, 0.6) is 0 Å². The van der Waals surface area contributed by atoms with E-state index in [-0.39, 0.29) is 0 Å². The average Bonchev–Trinajstić information content (AvgIpc) is 2.25. The van der Waals surface area contributed by atoms with E-state index in [2.05, 4.69) is 51.1 Å². The summed E-state index contributed by atoms with van der Waals surface area (Å²) in [5, 5.41) is 0. The van der Waals surface area contributed by atoms with Crippen molar-refractivity contribution >= 4 is 5.69 Å². The highest BCUT2D eigenvalue weighted by Gasteiger charge is 2.05. The molecule has 0 saturated heterocycles. The van der Waals surface area contributed by atoms with Gasteiger partial charge >= 0.3 is 0 Å². The Hall–Kier alpha value is -1.76. The smallest absolute Gasteiger partial charge is 0.0320 e. The minimum absolute atomic E-state index is 0.821. The molecule has 16 heavy (non-hydrogen) atoms. The first kappa shape index (κ1) is 10.7. The van der Waals surface area contributed by atoms with Crippen LogP contribution >= 0.6 is 0 Å². The molecule has 0 fully saturated rings. The Kier molecular flexibility index (Phi) is 2.69. The molecule has 0 aliphatic heterocycles. The molecule has 0 amide bonds. The van der Waals surface area contributed by atoms with Gasteiger partial charge in [-0.3, -0.25) is 0 Å².